The maximum absolute atomic E-state index is 6.32. The van der Waals surface area contributed by atoms with Crippen LogP contribution in [0.25, 0.3) is 11.1 Å². The molecule has 0 aliphatic carbocycles. The Morgan fingerprint density at radius 1 is 0.585 bits per heavy atom. The van der Waals surface area contributed by atoms with Crippen LogP contribution >= 0.6 is 23.2 Å². The predicted octanol–water partition coefficient (Wildman–Crippen LogP) is 9.77. The molecule has 5 aromatic carbocycles. The third kappa shape index (κ3) is 8.37. The number of hydrogen-bond acceptors (Lipinski definition) is 0. The van der Waals surface area contributed by atoms with Crippen molar-refractivity contribution in [1.82, 2.24) is 0 Å². The molecule has 0 bridgehead atoms. The van der Waals surface area contributed by atoms with Crippen molar-refractivity contribution < 1.29 is 0 Å². The van der Waals surface area contributed by atoms with Crippen LogP contribution in [0.15, 0.2) is 151 Å². The average Bonchev–Trinajstić information content (AvgIpc) is 3.02. The van der Waals surface area contributed by atoms with Gasteiger partial charge < -0.3 is 0 Å². The maximum atomic E-state index is 6.32. The standard InChI is InChI=1S/C38H28Cl2Se/c39-35-22-18-31(19-23-35)38(32-20-24-36(40)25-21-32)34(26-27-41-37-14-8-3-9-15-37)28-33(30-12-6-2-7-13-30)17-16-29-10-4-1-5-11-29/h1-15,18-25,28H,26-27H2/b33-28+. The van der Waals surface area contributed by atoms with Crippen molar-refractivity contribution in [2.24, 2.45) is 0 Å². The van der Waals surface area contributed by atoms with Crippen molar-refractivity contribution in [1.29, 1.82) is 0 Å². The first-order valence-electron chi connectivity index (χ1n) is 13.4. The van der Waals surface area contributed by atoms with E-state index in [1.807, 2.05) is 60.7 Å². The summed E-state index contributed by atoms with van der Waals surface area (Å²) < 4.78 is 1.40. The van der Waals surface area contributed by atoms with E-state index in [0.29, 0.717) is 25.0 Å². The van der Waals surface area contributed by atoms with E-state index >= 15 is 0 Å². The molecule has 0 saturated carbocycles. The Balaban J connectivity index is 1.68. The van der Waals surface area contributed by atoms with Crippen molar-refractivity contribution >= 4 is 53.8 Å². The van der Waals surface area contributed by atoms with Gasteiger partial charge in [-0.3, -0.25) is 0 Å². The summed E-state index contributed by atoms with van der Waals surface area (Å²) in [6, 6.07) is 47.5. The zero-order valence-corrected chi connectivity index (χ0v) is 25.7. The van der Waals surface area contributed by atoms with Gasteiger partial charge in [0.25, 0.3) is 0 Å². The van der Waals surface area contributed by atoms with Gasteiger partial charge >= 0.3 is 261 Å². The monoisotopic (exact) mass is 634 g/mol. The van der Waals surface area contributed by atoms with E-state index in [1.54, 1.807) is 0 Å². The van der Waals surface area contributed by atoms with E-state index in [2.05, 4.69) is 96.8 Å². The molecule has 0 N–H and O–H groups in total. The summed E-state index contributed by atoms with van der Waals surface area (Å²) in [7, 11) is 0. The molecule has 0 spiro atoms. The number of halogens is 2. The molecule has 41 heavy (non-hydrogen) atoms. The Kier molecular flexibility index (Phi) is 10.3. The number of rotatable bonds is 8. The summed E-state index contributed by atoms with van der Waals surface area (Å²) >= 11 is 13.0. The molecule has 0 aliphatic heterocycles. The first-order chi connectivity index (χ1) is 20.2. The number of benzene rings is 5. The van der Waals surface area contributed by atoms with Crippen LogP contribution in [0.3, 0.4) is 0 Å². The fourth-order valence-electron chi connectivity index (χ4n) is 4.48. The molecule has 0 unspecified atom stereocenters. The normalized spacial score (nSPS) is 10.9. The molecule has 0 radical (unpaired) electrons. The van der Waals surface area contributed by atoms with Crippen molar-refractivity contribution in [3.8, 4) is 11.8 Å². The summed E-state index contributed by atoms with van der Waals surface area (Å²) in [6.07, 6.45) is 3.18. The summed E-state index contributed by atoms with van der Waals surface area (Å²) in [5.41, 5.74) is 7.68. The Bertz CT molecular complexity index is 1630. The molecule has 3 heteroatoms. The van der Waals surface area contributed by atoms with E-state index in [9.17, 15) is 0 Å². The van der Waals surface area contributed by atoms with Gasteiger partial charge in [-0.15, -0.1) is 0 Å². The third-order valence-electron chi connectivity index (χ3n) is 6.49. The first kappa shape index (κ1) is 28.8. The Labute approximate surface area is 259 Å². The van der Waals surface area contributed by atoms with Crippen LogP contribution in [0.4, 0.5) is 0 Å². The zero-order chi connectivity index (χ0) is 28.3. The molecular weight excluding hydrogens is 606 g/mol. The number of allylic oxidation sites excluding steroid dienone is 3. The third-order valence-corrected chi connectivity index (χ3v) is 9.12. The topological polar surface area (TPSA) is 0 Å². The van der Waals surface area contributed by atoms with Gasteiger partial charge in [-0.1, -0.05) is 0 Å². The van der Waals surface area contributed by atoms with E-state index in [0.717, 1.165) is 45.1 Å². The molecule has 0 fully saturated rings. The summed E-state index contributed by atoms with van der Waals surface area (Å²) in [6.45, 7) is 0. The Morgan fingerprint density at radius 3 is 1.66 bits per heavy atom. The van der Waals surface area contributed by atoms with Crippen molar-refractivity contribution in [3.63, 3.8) is 0 Å². The van der Waals surface area contributed by atoms with E-state index in [1.165, 1.54) is 10.0 Å². The van der Waals surface area contributed by atoms with Crippen molar-refractivity contribution in [3.05, 3.63) is 183 Å². The van der Waals surface area contributed by atoms with Crippen LogP contribution in [0, 0.1) is 11.8 Å². The van der Waals surface area contributed by atoms with Gasteiger partial charge in [-0.25, -0.2) is 0 Å². The Hall–Kier alpha value is -3.76. The molecule has 5 rings (SSSR count). The molecule has 200 valence electrons. The van der Waals surface area contributed by atoms with Gasteiger partial charge in [0.15, 0.2) is 0 Å². The van der Waals surface area contributed by atoms with Crippen molar-refractivity contribution in [2.45, 2.75) is 11.7 Å². The van der Waals surface area contributed by atoms with Gasteiger partial charge in [0.05, 0.1) is 0 Å². The number of hydrogen-bond donors (Lipinski definition) is 0. The molecule has 0 aromatic heterocycles. The van der Waals surface area contributed by atoms with Crippen LogP contribution in [0.1, 0.15) is 28.7 Å². The van der Waals surface area contributed by atoms with Crippen LogP contribution in [-0.4, -0.2) is 15.0 Å². The minimum absolute atomic E-state index is 0.341. The second kappa shape index (κ2) is 14.7. The molecule has 0 saturated heterocycles. The summed E-state index contributed by atoms with van der Waals surface area (Å²) in [5, 5.41) is 2.49. The van der Waals surface area contributed by atoms with Gasteiger partial charge in [0.1, 0.15) is 0 Å². The molecule has 0 aliphatic rings. The Morgan fingerprint density at radius 2 is 1.10 bits per heavy atom. The van der Waals surface area contributed by atoms with E-state index in [-0.39, 0.29) is 0 Å². The molecule has 5 aromatic rings. The predicted molar refractivity (Wildman–Crippen MR) is 178 cm³/mol. The molecular formula is C38H28Cl2Se. The second-order valence-corrected chi connectivity index (χ2v) is 12.7. The fourth-order valence-corrected chi connectivity index (χ4v) is 6.64. The van der Waals surface area contributed by atoms with Crippen LogP contribution in [0.5, 0.6) is 0 Å². The summed E-state index contributed by atoms with van der Waals surface area (Å²) in [4.78, 5) is 0. The SMILES string of the molecule is Clc1ccc(C(=C(/C=C(\C#Cc2ccccc2)c2ccccc2)CC[Se]c2ccccc2)c2ccc(Cl)cc2)cc1. The molecule has 0 amide bonds. The van der Waals surface area contributed by atoms with Gasteiger partial charge in [-0.05, 0) is 0 Å². The van der Waals surface area contributed by atoms with Crippen molar-refractivity contribution in [2.75, 3.05) is 0 Å². The van der Waals surface area contributed by atoms with Crippen LogP contribution in [0.2, 0.25) is 15.4 Å². The molecule has 0 nitrogen and oxygen atoms in total. The quantitative estimate of drug-likeness (QED) is 0.0906. The molecule has 0 heterocycles. The van der Waals surface area contributed by atoms with Crippen LogP contribution < -0.4 is 4.46 Å². The first-order valence-corrected chi connectivity index (χ1v) is 16.3. The summed E-state index contributed by atoms with van der Waals surface area (Å²) in [5.74, 6) is 6.90. The van der Waals surface area contributed by atoms with E-state index < -0.39 is 0 Å². The van der Waals surface area contributed by atoms with Gasteiger partial charge in [0, 0.05) is 0 Å². The van der Waals surface area contributed by atoms with Gasteiger partial charge in [-0.2, -0.15) is 0 Å². The second-order valence-electron chi connectivity index (χ2n) is 9.37. The average molecular weight is 635 g/mol. The fraction of sp³-hybridized carbons (Fsp3) is 0.0526. The zero-order valence-electron chi connectivity index (χ0n) is 22.4. The molecule has 0 atom stereocenters. The van der Waals surface area contributed by atoms with Crippen LogP contribution in [-0.2, 0) is 0 Å². The van der Waals surface area contributed by atoms with Gasteiger partial charge in [0.2, 0.25) is 0 Å². The minimum atomic E-state index is 0.341. The van der Waals surface area contributed by atoms with E-state index in [4.69, 9.17) is 23.2 Å².